The Kier molecular flexibility index (Phi) is 4.72. The van der Waals surface area contributed by atoms with Crippen molar-refractivity contribution in [3.8, 4) is 11.1 Å². The predicted octanol–water partition coefficient (Wildman–Crippen LogP) is 5.57. The van der Waals surface area contributed by atoms with Gasteiger partial charge in [-0.1, -0.05) is 36.4 Å². The monoisotopic (exact) mass is 393 g/mol. The van der Waals surface area contributed by atoms with Gasteiger partial charge in [0.05, 0.1) is 23.0 Å². The van der Waals surface area contributed by atoms with Crippen LogP contribution in [0.15, 0.2) is 79.1 Å². The molecule has 2 aromatic carbocycles. The molecular formula is C22H14F3N3O. The van der Waals surface area contributed by atoms with Crippen molar-refractivity contribution in [2.75, 3.05) is 5.32 Å². The van der Waals surface area contributed by atoms with E-state index in [1.54, 1.807) is 42.6 Å². The lowest BCUT2D eigenvalue weighted by atomic mass is 10.0. The van der Waals surface area contributed by atoms with Crippen LogP contribution < -0.4 is 5.32 Å². The highest BCUT2D eigenvalue weighted by atomic mass is 19.4. The predicted molar refractivity (Wildman–Crippen MR) is 104 cm³/mol. The Bertz CT molecular complexity index is 1170. The molecule has 2 heterocycles. The standard InChI is InChI=1S/C22H14F3N3O/c23-22(24,25)16-9-6-14(7-10-16)18-5-1-3-15-8-11-19(28-20(15)18)21(29)27-17-4-2-12-26-13-17/h1-13H,(H,27,29). The van der Waals surface area contributed by atoms with Crippen LogP contribution in [0.1, 0.15) is 16.1 Å². The van der Waals surface area contributed by atoms with Gasteiger partial charge < -0.3 is 5.32 Å². The molecule has 0 atom stereocenters. The van der Waals surface area contributed by atoms with E-state index in [0.29, 0.717) is 22.3 Å². The van der Waals surface area contributed by atoms with Crippen molar-refractivity contribution >= 4 is 22.5 Å². The van der Waals surface area contributed by atoms with Crippen molar-refractivity contribution in [3.63, 3.8) is 0 Å². The summed E-state index contributed by atoms with van der Waals surface area (Å²) in [5.41, 5.74) is 1.78. The van der Waals surface area contributed by atoms with Crippen LogP contribution in [0, 0.1) is 0 Å². The Labute approximate surface area is 164 Å². The number of benzene rings is 2. The van der Waals surface area contributed by atoms with Crippen LogP contribution in [0.5, 0.6) is 0 Å². The Morgan fingerprint density at radius 3 is 2.38 bits per heavy atom. The number of rotatable bonds is 3. The molecule has 144 valence electrons. The SMILES string of the molecule is O=C(Nc1cccnc1)c1ccc2cccc(-c3ccc(C(F)(F)F)cc3)c2n1. The lowest BCUT2D eigenvalue weighted by molar-refractivity contribution is -0.137. The second-order valence-electron chi connectivity index (χ2n) is 6.34. The van der Waals surface area contributed by atoms with Gasteiger partial charge in [0.15, 0.2) is 0 Å². The van der Waals surface area contributed by atoms with Gasteiger partial charge in [0.2, 0.25) is 0 Å². The fraction of sp³-hybridized carbons (Fsp3) is 0.0455. The average molecular weight is 393 g/mol. The molecule has 0 radical (unpaired) electrons. The van der Waals surface area contributed by atoms with Gasteiger partial charge in [-0.15, -0.1) is 0 Å². The maximum atomic E-state index is 12.8. The van der Waals surface area contributed by atoms with Crippen molar-refractivity contribution in [2.45, 2.75) is 6.18 Å². The van der Waals surface area contributed by atoms with E-state index in [1.807, 2.05) is 6.07 Å². The molecule has 0 fully saturated rings. The van der Waals surface area contributed by atoms with Gasteiger partial charge in [0.25, 0.3) is 5.91 Å². The second-order valence-corrected chi connectivity index (χ2v) is 6.34. The van der Waals surface area contributed by atoms with Crippen LogP contribution in [0.4, 0.5) is 18.9 Å². The van der Waals surface area contributed by atoms with E-state index in [2.05, 4.69) is 15.3 Å². The number of nitrogens with zero attached hydrogens (tertiary/aromatic N) is 2. The van der Waals surface area contributed by atoms with Gasteiger partial charge >= 0.3 is 6.18 Å². The summed E-state index contributed by atoms with van der Waals surface area (Å²) in [6.45, 7) is 0. The topological polar surface area (TPSA) is 54.9 Å². The number of alkyl halides is 3. The maximum Gasteiger partial charge on any atom is 0.416 e. The van der Waals surface area contributed by atoms with Crippen molar-refractivity contribution < 1.29 is 18.0 Å². The Morgan fingerprint density at radius 2 is 1.69 bits per heavy atom. The zero-order chi connectivity index (χ0) is 20.4. The first-order valence-corrected chi connectivity index (χ1v) is 8.70. The highest BCUT2D eigenvalue weighted by Gasteiger charge is 2.30. The van der Waals surface area contributed by atoms with Crippen LogP contribution in [-0.4, -0.2) is 15.9 Å². The molecule has 4 aromatic rings. The molecule has 7 heteroatoms. The summed E-state index contributed by atoms with van der Waals surface area (Å²) < 4.78 is 38.5. The molecule has 1 amide bonds. The van der Waals surface area contributed by atoms with Crippen molar-refractivity contribution in [3.05, 3.63) is 90.4 Å². The van der Waals surface area contributed by atoms with E-state index >= 15 is 0 Å². The molecule has 4 rings (SSSR count). The van der Waals surface area contributed by atoms with Gasteiger partial charge in [0.1, 0.15) is 5.69 Å². The average Bonchev–Trinajstić information content (AvgIpc) is 2.73. The molecule has 0 aliphatic rings. The van der Waals surface area contributed by atoms with Crippen LogP contribution in [0.3, 0.4) is 0 Å². The van der Waals surface area contributed by atoms with Gasteiger partial charge in [-0.05, 0) is 35.9 Å². The smallest absolute Gasteiger partial charge is 0.319 e. The molecule has 2 aromatic heterocycles. The van der Waals surface area contributed by atoms with E-state index < -0.39 is 17.6 Å². The number of hydrogen-bond donors (Lipinski definition) is 1. The first-order chi connectivity index (χ1) is 13.9. The summed E-state index contributed by atoms with van der Waals surface area (Å²) in [5, 5.41) is 3.50. The summed E-state index contributed by atoms with van der Waals surface area (Å²) in [6.07, 6.45) is -1.28. The van der Waals surface area contributed by atoms with Crippen LogP contribution in [0.25, 0.3) is 22.0 Å². The Balaban J connectivity index is 1.72. The molecule has 1 N–H and O–H groups in total. The van der Waals surface area contributed by atoms with Crippen molar-refractivity contribution in [1.29, 1.82) is 0 Å². The van der Waals surface area contributed by atoms with Crippen LogP contribution in [-0.2, 0) is 6.18 Å². The number of hydrogen-bond acceptors (Lipinski definition) is 3. The number of aromatic nitrogens is 2. The maximum absolute atomic E-state index is 12.8. The minimum atomic E-state index is -4.40. The first-order valence-electron chi connectivity index (χ1n) is 8.70. The highest BCUT2D eigenvalue weighted by molar-refractivity contribution is 6.05. The third kappa shape index (κ3) is 3.94. The van der Waals surface area contributed by atoms with E-state index in [0.717, 1.165) is 17.5 Å². The number of fused-ring (bicyclic) bond motifs is 1. The largest absolute Gasteiger partial charge is 0.416 e. The fourth-order valence-corrected chi connectivity index (χ4v) is 2.98. The third-order valence-electron chi connectivity index (χ3n) is 4.40. The number of halogens is 3. The van der Waals surface area contributed by atoms with Gasteiger partial charge in [-0.2, -0.15) is 13.2 Å². The lowest BCUT2D eigenvalue weighted by Gasteiger charge is -2.10. The summed E-state index contributed by atoms with van der Waals surface area (Å²) in [6, 6.07) is 17.0. The fourth-order valence-electron chi connectivity index (χ4n) is 2.98. The molecule has 0 saturated heterocycles. The Morgan fingerprint density at radius 1 is 0.897 bits per heavy atom. The molecule has 0 unspecified atom stereocenters. The second kappa shape index (κ2) is 7.35. The van der Waals surface area contributed by atoms with E-state index in [9.17, 15) is 18.0 Å². The van der Waals surface area contributed by atoms with Crippen molar-refractivity contribution in [2.24, 2.45) is 0 Å². The molecular weight excluding hydrogens is 379 g/mol. The van der Waals surface area contributed by atoms with Gasteiger partial charge in [0, 0.05) is 17.1 Å². The first kappa shape index (κ1) is 18.6. The minimum Gasteiger partial charge on any atom is -0.319 e. The number of anilines is 1. The highest BCUT2D eigenvalue weighted by Crippen LogP contribution is 2.33. The normalized spacial score (nSPS) is 11.4. The van der Waals surface area contributed by atoms with Crippen LogP contribution >= 0.6 is 0 Å². The third-order valence-corrected chi connectivity index (χ3v) is 4.40. The van der Waals surface area contributed by atoms with Crippen LogP contribution in [0.2, 0.25) is 0 Å². The molecule has 0 aliphatic carbocycles. The molecule has 0 bridgehead atoms. The van der Waals surface area contributed by atoms with E-state index in [-0.39, 0.29) is 5.69 Å². The number of nitrogens with one attached hydrogen (secondary N) is 1. The molecule has 0 saturated carbocycles. The van der Waals surface area contributed by atoms with E-state index in [1.165, 1.54) is 18.3 Å². The summed E-state index contributed by atoms with van der Waals surface area (Å²) in [7, 11) is 0. The Hall–Kier alpha value is -3.74. The molecule has 4 nitrogen and oxygen atoms in total. The minimum absolute atomic E-state index is 0.195. The number of carbonyl (C=O) groups is 1. The molecule has 29 heavy (non-hydrogen) atoms. The molecule has 0 aliphatic heterocycles. The zero-order valence-corrected chi connectivity index (χ0v) is 14.9. The number of amides is 1. The van der Waals surface area contributed by atoms with Gasteiger partial charge in [-0.25, -0.2) is 4.98 Å². The van der Waals surface area contributed by atoms with Crippen molar-refractivity contribution in [1.82, 2.24) is 9.97 Å². The van der Waals surface area contributed by atoms with E-state index in [4.69, 9.17) is 0 Å². The molecule has 0 spiro atoms. The number of para-hydroxylation sites is 1. The lowest BCUT2D eigenvalue weighted by Crippen LogP contribution is -2.13. The van der Waals surface area contributed by atoms with Gasteiger partial charge in [-0.3, -0.25) is 9.78 Å². The summed E-state index contributed by atoms with van der Waals surface area (Å²) >= 11 is 0. The summed E-state index contributed by atoms with van der Waals surface area (Å²) in [5.74, 6) is -0.401. The zero-order valence-electron chi connectivity index (χ0n) is 14.9. The summed E-state index contributed by atoms with van der Waals surface area (Å²) in [4.78, 5) is 20.9. The quantitative estimate of drug-likeness (QED) is 0.495. The number of carbonyl (C=O) groups excluding carboxylic acids is 1. The number of pyridine rings is 2.